The molecule has 0 saturated carbocycles. The second-order valence-corrected chi connectivity index (χ2v) is 5.48. The van der Waals surface area contributed by atoms with Gasteiger partial charge >= 0.3 is 5.69 Å². The van der Waals surface area contributed by atoms with E-state index in [4.69, 9.17) is 5.73 Å². The van der Waals surface area contributed by atoms with Crippen molar-refractivity contribution in [3.8, 4) is 0 Å². The summed E-state index contributed by atoms with van der Waals surface area (Å²) < 4.78 is 1.43. The highest BCUT2D eigenvalue weighted by atomic mass is 35.5. The molecule has 1 aliphatic rings. The van der Waals surface area contributed by atoms with Crippen LogP contribution < -0.4 is 5.73 Å². The summed E-state index contributed by atoms with van der Waals surface area (Å²) >= 11 is 0. The Bertz CT molecular complexity index is 520. The molecular weight excluding hydrogens is 310 g/mol. The number of hydrogen-bond acceptors (Lipinski definition) is 5. The van der Waals surface area contributed by atoms with E-state index in [1.54, 1.807) is 0 Å². The van der Waals surface area contributed by atoms with E-state index in [-0.39, 0.29) is 42.5 Å². The molecule has 2 N–H and O–H groups in total. The van der Waals surface area contributed by atoms with E-state index in [0.717, 1.165) is 25.8 Å². The Labute approximate surface area is 135 Å². The van der Waals surface area contributed by atoms with Crippen molar-refractivity contribution in [3.63, 3.8) is 0 Å². The molecule has 2 rings (SSSR count). The van der Waals surface area contributed by atoms with Gasteiger partial charge in [-0.05, 0) is 26.2 Å². The first-order valence-corrected chi connectivity index (χ1v) is 7.21. The quantitative estimate of drug-likeness (QED) is 0.647. The molecular formula is C13H22ClN5O3. The highest BCUT2D eigenvalue weighted by molar-refractivity contribution is 5.85. The monoisotopic (exact) mass is 331 g/mol. The summed E-state index contributed by atoms with van der Waals surface area (Å²) in [5.74, 6) is 0.0372. The lowest BCUT2D eigenvalue weighted by Gasteiger charge is -2.38. The largest absolute Gasteiger partial charge is 0.338 e. The van der Waals surface area contributed by atoms with Crippen LogP contribution in [0.5, 0.6) is 0 Å². The molecule has 1 aliphatic heterocycles. The number of aryl methyl sites for hydroxylation is 1. The Kier molecular flexibility index (Phi) is 6.76. The number of piperidine rings is 1. The second kappa shape index (κ2) is 8.09. The zero-order chi connectivity index (χ0) is 15.4. The molecule has 0 aliphatic carbocycles. The van der Waals surface area contributed by atoms with Gasteiger partial charge in [0.05, 0.1) is 4.92 Å². The normalized spacial score (nSPS) is 19.4. The van der Waals surface area contributed by atoms with Crippen LogP contribution in [0.25, 0.3) is 0 Å². The molecule has 2 unspecified atom stereocenters. The Morgan fingerprint density at radius 1 is 1.59 bits per heavy atom. The standard InChI is InChI=1S/C13H21N5O3.ClH/c1-10(14)12-4-2-3-6-17(12)13(19)5-7-16-9-11(8-15-16)18(20)21;/h8-10,12H,2-7,14H2,1H3;1H. The third-order valence-electron chi connectivity index (χ3n) is 3.86. The number of hydrogen-bond donors (Lipinski definition) is 1. The van der Waals surface area contributed by atoms with Crippen LogP contribution in [0.1, 0.15) is 32.6 Å². The highest BCUT2D eigenvalue weighted by Crippen LogP contribution is 2.20. The lowest BCUT2D eigenvalue weighted by atomic mass is 9.96. The maximum Gasteiger partial charge on any atom is 0.306 e. The molecule has 1 aromatic rings. The third kappa shape index (κ3) is 4.41. The predicted octanol–water partition coefficient (Wildman–Crippen LogP) is 1.33. The number of carbonyl (C=O) groups excluding carboxylic acids is 1. The maximum atomic E-state index is 12.3. The maximum absolute atomic E-state index is 12.3. The molecule has 0 bridgehead atoms. The Hall–Kier alpha value is -1.67. The van der Waals surface area contributed by atoms with Gasteiger partial charge in [0, 0.05) is 31.6 Å². The van der Waals surface area contributed by atoms with Crippen molar-refractivity contribution in [1.29, 1.82) is 0 Å². The van der Waals surface area contributed by atoms with E-state index in [2.05, 4.69) is 5.10 Å². The van der Waals surface area contributed by atoms with Crippen molar-refractivity contribution in [3.05, 3.63) is 22.5 Å². The van der Waals surface area contributed by atoms with Crippen LogP contribution in [0.4, 0.5) is 5.69 Å². The first kappa shape index (κ1) is 18.4. The van der Waals surface area contributed by atoms with Gasteiger partial charge in [0.2, 0.25) is 5.91 Å². The van der Waals surface area contributed by atoms with Gasteiger partial charge in [0.15, 0.2) is 0 Å². The summed E-state index contributed by atoms with van der Waals surface area (Å²) in [6.07, 6.45) is 5.85. The number of carbonyl (C=O) groups is 1. The summed E-state index contributed by atoms with van der Waals surface area (Å²) in [5, 5.41) is 14.5. The van der Waals surface area contributed by atoms with Crippen LogP contribution >= 0.6 is 12.4 Å². The van der Waals surface area contributed by atoms with Gasteiger partial charge in [-0.1, -0.05) is 0 Å². The van der Waals surface area contributed by atoms with Crippen molar-refractivity contribution in [2.75, 3.05) is 6.54 Å². The van der Waals surface area contributed by atoms with Crippen LogP contribution in [0.15, 0.2) is 12.4 Å². The molecule has 1 fully saturated rings. The minimum atomic E-state index is -0.498. The van der Waals surface area contributed by atoms with Crippen molar-refractivity contribution in [1.82, 2.24) is 14.7 Å². The Balaban J connectivity index is 0.00000242. The molecule has 22 heavy (non-hydrogen) atoms. The zero-order valence-electron chi connectivity index (χ0n) is 12.6. The summed E-state index contributed by atoms with van der Waals surface area (Å²) in [6.45, 7) is 3.01. The molecule has 1 saturated heterocycles. The van der Waals surface area contributed by atoms with E-state index >= 15 is 0 Å². The molecule has 2 heterocycles. The van der Waals surface area contributed by atoms with Gasteiger partial charge in [-0.25, -0.2) is 0 Å². The highest BCUT2D eigenvalue weighted by Gasteiger charge is 2.28. The summed E-state index contributed by atoms with van der Waals surface area (Å²) in [6, 6.07) is 0.0539. The van der Waals surface area contributed by atoms with Crippen LogP contribution in [-0.4, -0.2) is 44.1 Å². The second-order valence-electron chi connectivity index (χ2n) is 5.48. The minimum Gasteiger partial charge on any atom is -0.338 e. The smallest absolute Gasteiger partial charge is 0.306 e. The SMILES string of the molecule is CC(N)C1CCCCN1C(=O)CCn1cc([N+](=O)[O-])cn1.Cl. The number of rotatable bonds is 5. The van der Waals surface area contributed by atoms with Crippen LogP contribution in [0, 0.1) is 10.1 Å². The topological polar surface area (TPSA) is 107 Å². The van der Waals surface area contributed by atoms with Gasteiger partial charge in [0.1, 0.15) is 12.4 Å². The molecule has 124 valence electrons. The number of aromatic nitrogens is 2. The lowest BCUT2D eigenvalue weighted by Crippen LogP contribution is -2.51. The molecule has 0 radical (unpaired) electrons. The molecule has 1 amide bonds. The van der Waals surface area contributed by atoms with E-state index in [1.807, 2.05) is 11.8 Å². The molecule has 1 aromatic heterocycles. The molecule has 0 spiro atoms. The molecule has 2 atom stereocenters. The number of likely N-dealkylation sites (tertiary alicyclic amines) is 1. The van der Waals surface area contributed by atoms with E-state index in [0.29, 0.717) is 6.54 Å². The van der Waals surface area contributed by atoms with E-state index in [9.17, 15) is 14.9 Å². The van der Waals surface area contributed by atoms with Crippen molar-refractivity contribution in [2.24, 2.45) is 5.73 Å². The fourth-order valence-corrected chi connectivity index (χ4v) is 2.74. The van der Waals surface area contributed by atoms with E-state index in [1.165, 1.54) is 17.1 Å². The van der Waals surface area contributed by atoms with Gasteiger partial charge in [-0.2, -0.15) is 5.10 Å². The molecule has 8 nitrogen and oxygen atoms in total. The van der Waals surface area contributed by atoms with Crippen molar-refractivity contribution in [2.45, 2.75) is 51.2 Å². The number of halogens is 1. The van der Waals surface area contributed by atoms with Gasteiger partial charge < -0.3 is 10.6 Å². The van der Waals surface area contributed by atoms with Crippen LogP contribution in [0.3, 0.4) is 0 Å². The first-order valence-electron chi connectivity index (χ1n) is 7.21. The fourth-order valence-electron chi connectivity index (χ4n) is 2.74. The van der Waals surface area contributed by atoms with Gasteiger partial charge in [-0.15, -0.1) is 12.4 Å². The van der Waals surface area contributed by atoms with E-state index < -0.39 is 4.92 Å². The zero-order valence-corrected chi connectivity index (χ0v) is 13.4. The average molecular weight is 332 g/mol. The lowest BCUT2D eigenvalue weighted by molar-refractivity contribution is -0.385. The van der Waals surface area contributed by atoms with Crippen LogP contribution in [0.2, 0.25) is 0 Å². The number of nitrogens with zero attached hydrogens (tertiary/aromatic N) is 4. The molecule has 9 heteroatoms. The Morgan fingerprint density at radius 2 is 2.32 bits per heavy atom. The minimum absolute atomic E-state index is 0. The number of amides is 1. The van der Waals surface area contributed by atoms with Gasteiger partial charge in [0.25, 0.3) is 0 Å². The van der Waals surface area contributed by atoms with Gasteiger partial charge in [-0.3, -0.25) is 19.6 Å². The average Bonchev–Trinajstić information content (AvgIpc) is 2.94. The third-order valence-corrected chi connectivity index (χ3v) is 3.86. The summed E-state index contributed by atoms with van der Waals surface area (Å²) in [7, 11) is 0. The molecule has 0 aromatic carbocycles. The summed E-state index contributed by atoms with van der Waals surface area (Å²) in [4.78, 5) is 24.3. The number of nitrogens with two attached hydrogens (primary N) is 1. The van der Waals surface area contributed by atoms with Crippen LogP contribution in [-0.2, 0) is 11.3 Å². The Morgan fingerprint density at radius 3 is 2.91 bits per heavy atom. The first-order chi connectivity index (χ1) is 9.99. The predicted molar refractivity (Wildman–Crippen MR) is 83.7 cm³/mol. The fraction of sp³-hybridized carbons (Fsp3) is 0.692. The van der Waals surface area contributed by atoms with Crippen molar-refractivity contribution >= 4 is 24.0 Å². The summed E-state index contributed by atoms with van der Waals surface area (Å²) in [5.41, 5.74) is 5.89. The van der Waals surface area contributed by atoms with Crippen molar-refractivity contribution < 1.29 is 9.72 Å². The number of nitro groups is 1.